The smallest absolute Gasteiger partial charge is 0.345 e. The van der Waals surface area contributed by atoms with Crippen LogP contribution in [-0.2, 0) is 20.4 Å². The van der Waals surface area contributed by atoms with Crippen molar-refractivity contribution in [1.29, 1.82) is 0 Å². The molecule has 38 heavy (non-hydrogen) atoms. The molecular formula is C33H33O3S2+. The van der Waals surface area contributed by atoms with Crippen LogP contribution in [0.3, 0.4) is 0 Å². The molecule has 0 saturated carbocycles. The lowest BCUT2D eigenvalue weighted by Gasteiger charge is -2.27. The van der Waals surface area contributed by atoms with Crippen LogP contribution in [0.2, 0.25) is 0 Å². The summed E-state index contributed by atoms with van der Waals surface area (Å²) in [5, 5.41) is 0.379. The zero-order valence-corrected chi connectivity index (χ0v) is 23.9. The van der Waals surface area contributed by atoms with Crippen LogP contribution in [0.1, 0.15) is 25.0 Å². The highest BCUT2D eigenvalue weighted by Crippen LogP contribution is 2.45. The molecule has 0 bridgehead atoms. The fraction of sp³-hybridized carbons (Fsp3) is 0.242. The summed E-state index contributed by atoms with van der Waals surface area (Å²) in [5.41, 5.74) is 1.32. The molecule has 0 N–H and O–H groups in total. The third-order valence-corrected chi connectivity index (χ3v) is 10.5. The van der Waals surface area contributed by atoms with Crippen molar-refractivity contribution in [3.05, 3.63) is 119 Å². The quantitative estimate of drug-likeness (QED) is 0.215. The Kier molecular flexibility index (Phi) is 7.87. The van der Waals surface area contributed by atoms with Gasteiger partial charge in [-0.3, -0.25) is 0 Å². The molecule has 2 atom stereocenters. The fourth-order valence-corrected chi connectivity index (χ4v) is 8.46. The molecule has 0 aromatic heterocycles. The van der Waals surface area contributed by atoms with E-state index in [1.807, 2.05) is 39.8 Å². The molecule has 2 unspecified atom stereocenters. The second-order valence-electron chi connectivity index (χ2n) is 10.1. The van der Waals surface area contributed by atoms with Gasteiger partial charge in [-0.25, -0.2) is 4.79 Å². The van der Waals surface area contributed by atoms with Crippen LogP contribution >= 0.6 is 11.8 Å². The number of fused-ring (bicyclic) bond motifs is 1. The standard InChI is InChI=1S/C33H33O3S2/c1-23-19-28(38(26-14-7-5-8-15-26)27-16-9-6-10-17-27)20-24(2)32(23)35-22-31(34)36-33(3,4)30-21-25-13-11-12-18-29(25)37-30/h5-21,25,29H,22H2,1-4H3/q+1. The minimum absolute atomic E-state index is 0.127. The average molecular weight is 542 g/mol. The lowest BCUT2D eigenvalue weighted by Crippen LogP contribution is -2.31. The number of allylic oxidation sites excluding steroid dienone is 4. The van der Waals surface area contributed by atoms with Crippen molar-refractivity contribution in [2.45, 2.75) is 53.2 Å². The van der Waals surface area contributed by atoms with Gasteiger partial charge >= 0.3 is 5.97 Å². The first-order valence-corrected chi connectivity index (χ1v) is 15.0. The van der Waals surface area contributed by atoms with Gasteiger partial charge in [-0.1, -0.05) is 66.8 Å². The number of esters is 1. The predicted octanol–water partition coefficient (Wildman–Crippen LogP) is 7.84. The van der Waals surface area contributed by atoms with Gasteiger partial charge in [-0.05, 0) is 63.1 Å². The number of rotatable bonds is 8. The molecule has 0 spiro atoms. The van der Waals surface area contributed by atoms with Gasteiger partial charge in [0.1, 0.15) is 11.4 Å². The van der Waals surface area contributed by atoms with Crippen molar-refractivity contribution in [2.24, 2.45) is 5.92 Å². The number of hydrogen-bond acceptors (Lipinski definition) is 4. The highest BCUT2D eigenvalue weighted by molar-refractivity contribution is 8.04. The van der Waals surface area contributed by atoms with Crippen LogP contribution in [-0.4, -0.2) is 23.4 Å². The van der Waals surface area contributed by atoms with Gasteiger partial charge in [-0.15, -0.1) is 11.8 Å². The van der Waals surface area contributed by atoms with Crippen LogP contribution in [0.25, 0.3) is 0 Å². The van der Waals surface area contributed by atoms with Crippen LogP contribution in [0, 0.1) is 19.8 Å². The summed E-state index contributed by atoms with van der Waals surface area (Å²) in [6, 6.07) is 25.5. The van der Waals surface area contributed by atoms with Crippen LogP contribution < -0.4 is 4.74 Å². The van der Waals surface area contributed by atoms with E-state index in [1.165, 1.54) is 14.7 Å². The lowest BCUT2D eigenvalue weighted by atomic mass is 9.97. The molecule has 2 aliphatic rings. The summed E-state index contributed by atoms with van der Waals surface area (Å²) in [7, 11) is -0.240. The minimum Gasteiger partial charge on any atom is -0.481 e. The maximum atomic E-state index is 12.9. The second-order valence-corrected chi connectivity index (χ2v) is 13.3. The van der Waals surface area contributed by atoms with E-state index in [2.05, 4.69) is 91.0 Å². The number of ether oxygens (including phenoxy) is 2. The number of carbonyl (C=O) groups is 1. The van der Waals surface area contributed by atoms with E-state index >= 15 is 0 Å². The molecule has 1 heterocycles. The molecule has 0 radical (unpaired) electrons. The number of thioether (sulfide) groups is 1. The SMILES string of the molecule is Cc1cc([S+](c2ccccc2)c2ccccc2)cc(C)c1OCC(=O)OC(C)(C)C1=CC2C=CC=CC2S1. The fourth-order valence-electron chi connectivity index (χ4n) is 4.85. The molecule has 3 nitrogen and oxygen atoms in total. The summed E-state index contributed by atoms with van der Waals surface area (Å²) >= 11 is 1.77. The largest absolute Gasteiger partial charge is 0.481 e. The van der Waals surface area contributed by atoms with Crippen molar-refractivity contribution in [3.8, 4) is 5.75 Å². The second kappa shape index (κ2) is 11.3. The van der Waals surface area contributed by atoms with Crippen molar-refractivity contribution >= 4 is 28.6 Å². The Bertz CT molecular complexity index is 1330. The van der Waals surface area contributed by atoms with Crippen molar-refractivity contribution in [3.63, 3.8) is 0 Å². The zero-order chi connectivity index (χ0) is 26.7. The molecule has 194 valence electrons. The van der Waals surface area contributed by atoms with Crippen LogP contribution in [0.15, 0.2) is 123 Å². The van der Waals surface area contributed by atoms with Crippen molar-refractivity contribution < 1.29 is 14.3 Å². The van der Waals surface area contributed by atoms with Crippen LogP contribution in [0.5, 0.6) is 5.75 Å². The summed E-state index contributed by atoms with van der Waals surface area (Å²) in [5.74, 6) is 0.729. The Balaban J connectivity index is 1.30. The normalized spacial score (nSPS) is 18.3. The summed E-state index contributed by atoms with van der Waals surface area (Å²) < 4.78 is 12.0. The highest BCUT2D eigenvalue weighted by Gasteiger charge is 2.37. The first-order valence-electron chi connectivity index (χ1n) is 12.9. The molecule has 3 aromatic carbocycles. The van der Waals surface area contributed by atoms with E-state index in [-0.39, 0.29) is 23.5 Å². The molecule has 3 aromatic rings. The van der Waals surface area contributed by atoms with Gasteiger partial charge in [0.25, 0.3) is 0 Å². The monoisotopic (exact) mass is 541 g/mol. The first kappa shape index (κ1) is 26.5. The zero-order valence-electron chi connectivity index (χ0n) is 22.2. The Hall–Kier alpha value is -3.15. The van der Waals surface area contributed by atoms with Gasteiger partial charge in [0.2, 0.25) is 0 Å². The van der Waals surface area contributed by atoms with Crippen molar-refractivity contribution in [2.75, 3.05) is 6.61 Å². The maximum Gasteiger partial charge on any atom is 0.345 e. The molecule has 1 aliphatic heterocycles. The molecule has 5 heteroatoms. The Labute approximate surface area is 233 Å². The van der Waals surface area contributed by atoms with E-state index in [1.54, 1.807) is 11.8 Å². The molecule has 5 rings (SSSR count). The summed E-state index contributed by atoms with van der Waals surface area (Å²) in [4.78, 5) is 17.7. The Morgan fingerprint density at radius 3 is 2.03 bits per heavy atom. The Morgan fingerprint density at radius 1 is 0.868 bits per heavy atom. The summed E-state index contributed by atoms with van der Waals surface area (Å²) in [6.45, 7) is 7.86. The van der Waals surface area contributed by atoms with Gasteiger partial charge < -0.3 is 9.47 Å². The molecule has 0 saturated heterocycles. The highest BCUT2D eigenvalue weighted by atomic mass is 32.2. The topological polar surface area (TPSA) is 35.5 Å². The number of benzene rings is 3. The van der Waals surface area contributed by atoms with Crippen molar-refractivity contribution in [1.82, 2.24) is 0 Å². The maximum absolute atomic E-state index is 12.9. The van der Waals surface area contributed by atoms with Crippen LogP contribution in [0.4, 0.5) is 0 Å². The average Bonchev–Trinajstić information content (AvgIpc) is 3.35. The third kappa shape index (κ3) is 5.79. The molecule has 1 aliphatic carbocycles. The first-order chi connectivity index (χ1) is 18.3. The lowest BCUT2D eigenvalue weighted by molar-refractivity contribution is -0.155. The van der Waals surface area contributed by atoms with Gasteiger partial charge in [-0.2, -0.15) is 0 Å². The third-order valence-electron chi connectivity index (χ3n) is 6.66. The van der Waals surface area contributed by atoms with Gasteiger partial charge in [0, 0.05) is 28.2 Å². The van der Waals surface area contributed by atoms with E-state index in [4.69, 9.17) is 9.47 Å². The van der Waals surface area contributed by atoms with Gasteiger partial charge in [0.05, 0.1) is 10.9 Å². The minimum atomic E-state index is -0.697. The Morgan fingerprint density at radius 2 is 1.45 bits per heavy atom. The molecule has 0 amide bonds. The number of aryl methyl sites for hydroxylation is 2. The number of hydrogen-bond donors (Lipinski definition) is 0. The van der Waals surface area contributed by atoms with E-state index in [9.17, 15) is 4.79 Å². The van der Waals surface area contributed by atoms with Gasteiger partial charge in [0.15, 0.2) is 21.3 Å². The van der Waals surface area contributed by atoms with E-state index in [0.717, 1.165) is 21.8 Å². The predicted molar refractivity (Wildman–Crippen MR) is 158 cm³/mol. The van der Waals surface area contributed by atoms with E-state index < -0.39 is 5.60 Å². The van der Waals surface area contributed by atoms with E-state index in [0.29, 0.717) is 11.2 Å². The number of carbonyl (C=O) groups excluding carboxylic acids is 1. The molecule has 0 fully saturated rings. The molecular weight excluding hydrogens is 508 g/mol. The summed E-state index contributed by atoms with van der Waals surface area (Å²) in [6.07, 6.45) is 10.8.